The first-order chi connectivity index (χ1) is 14.1. The standard InChI is InChI=1S/C24H30N4O/c1-18-12-13-23-26-20(14-24(29)28(23)16-18)15-25-22-11-7-6-8-19(22)17-27(2)21-9-4-3-5-10-21/h6-8,11-14,16,21,25H,3-5,9-10,15,17H2,1-2H3. The van der Waals surface area contributed by atoms with Gasteiger partial charge in [0.15, 0.2) is 0 Å². The van der Waals surface area contributed by atoms with Gasteiger partial charge >= 0.3 is 0 Å². The van der Waals surface area contributed by atoms with E-state index in [1.54, 1.807) is 10.5 Å². The number of nitrogens with one attached hydrogen (secondary N) is 1. The fourth-order valence-corrected chi connectivity index (χ4v) is 4.28. The Labute approximate surface area is 172 Å². The Morgan fingerprint density at radius 3 is 2.76 bits per heavy atom. The molecule has 0 unspecified atom stereocenters. The average Bonchev–Trinajstić information content (AvgIpc) is 2.74. The normalized spacial score (nSPS) is 15.1. The van der Waals surface area contributed by atoms with Crippen LogP contribution in [-0.2, 0) is 13.1 Å². The lowest BCUT2D eigenvalue weighted by molar-refractivity contribution is 0.185. The third-order valence-electron chi connectivity index (χ3n) is 5.96. The molecule has 0 amide bonds. The number of aryl methyl sites for hydroxylation is 1. The Hall–Kier alpha value is -2.66. The summed E-state index contributed by atoms with van der Waals surface area (Å²) in [6.07, 6.45) is 8.50. The van der Waals surface area contributed by atoms with Crippen LogP contribution in [0.5, 0.6) is 0 Å². The molecule has 0 saturated heterocycles. The van der Waals surface area contributed by atoms with Crippen LogP contribution in [-0.4, -0.2) is 27.4 Å². The summed E-state index contributed by atoms with van der Waals surface area (Å²) >= 11 is 0. The Bertz CT molecular complexity index is 1040. The van der Waals surface area contributed by atoms with Gasteiger partial charge in [-0.2, -0.15) is 0 Å². The summed E-state index contributed by atoms with van der Waals surface area (Å²) in [6, 6.07) is 14.6. The fraction of sp³-hybridized carbons (Fsp3) is 0.417. The van der Waals surface area contributed by atoms with E-state index in [1.165, 1.54) is 37.7 Å². The van der Waals surface area contributed by atoms with E-state index in [2.05, 4.69) is 46.5 Å². The maximum absolute atomic E-state index is 12.4. The van der Waals surface area contributed by atoms with Gasteiger partial charge in [-0.1, -0.05) is 43.5 Å². The Balaban J connectivity index is 1.48. The number of aromatic nitrogens is 2. The van der Waals surface area contributed by atoms with E-state index < -0.39 is 0 Å². The molecule has 1 fully saturated rings. The molecule has 0 aliphatic heterocycles. The second-order valence-electron chi connectivity index (χ2n) is 8.24. The van der Waals surface area contributed by atoms with Gasteiger partial charge in [0.2, 0.25) is 0 Å². The molecule has 1 saturated carbocycles. The zero-order valence-electron chi connectivity index (χ0n) is 17.4. The summed E-state index contributed by atoms with van der Waals surface area (Å²) in [5.41, 5.74) is 4.85. The summed E-state index contributed by atoms with van der Waals surface area (Å²) in [7, 11) is 2.24. The van der Waals surface area contributed by atoms with Crippen molar-refractivity contribution in [3.63, 3.8) is 0 Å². The number of anilines is 1. The molecule has 0 spiro atoms. The van der Waals surface area contributed by atoms with E-state index in [1.807, 2.05) is 25.3 Å². The third kappa shape index (κ3) is 4.67. The van der Waals surface area contributed by atoms with Gasteiger partial charge in [-0.3, -0.25) is 14.1 Å². The number of pyridine rings is 1. The van der Waals surface area contributed by atoms with Gasteiger partial charge in [0.1, 0.15) is 5.65 Å². The highest BCUT2D eigenvalue weighted by molar-refractivity contribution is 5.51. The van der Waals surface area contributed by atoms with Crippen molar-refractivity contribution < 1.29 is 0 Å². The molecule has 0 bridgehead atoms. The predicted octanol–water partition coefficient (Wildman–Crippen LogP) is 4.38. The van der Waals surface area contributed by atoms with Crippen LogP contribution in [0.3, 0.4) is 0 Å². The van der Waals surface area contributed by atoms with Crippen molar-refractivity contribution in [1.82, 2.24) is 14.3 Å². The van der Waals surface area contributed by atoms with Gasteiger partial charge in [-0.15, -0.1) is 0 Å². The number of para-hydroxylation sites is 1. The number of hydrogen-bond acceptors (Lipinski definition) is 4. The molecule has 1 aromatic carbocycles. The van der Waals surface area contributed by atoms with Crippen molar-refractivity contribution in [3.05, 3.63) is 75.8 Å². The van der Waals surface area contributed by atoms with Gasteiger partial charge in [0, 0.05) is 30.5 Å². The van der Waals surface area contributed by atoms with Gasteiger partial charge in [-0.25, -0.2) is 4.98 Å². The SMILES string of the molecule is Cc1ccc2nc(CNc3ccccc3CN(C)C3CCCCC3)cc(=O)n2c1. The zero-order chi connectivity index (χ0) is 20.2. The summed E-state index contributed by atoms with van der Waals surface area (Å²) < 4.78 is 1.60. The highest BCUT2D eigenvalue weighted by atomic mass is 16.1. The van der Waals surface area contributed by atoms with Crippen LogP contribution in [0.1, 0.15) is 48.9 Å². The van der Waals surface area contributed by atoms with Crippen molar-refractivity contribution in [1.29, 1.82) is 0 Å². The van der Waals surface area contributed by atoms with Crippen molar-refractivity contribution in [2.75, 3.05) is 12.4 Å². The Morgan fingerprint density at radius 1 is 1.14 bits per heavy atom. The van der Waals surface area contributed by atoms with Crippen LogP contribution in [0, 0.1) is 6.92 Å². The second kappa shape index (κ2) is 8.78. The first kappa shape index (κ1) is 19.6. The maximum atomic E-state index is 12.4. The lowest BCUT2D eigenvalue weighted by Crippen LogP contribution is -2.33. The molecule has 152 valence electrons. The first-order valence-corrected chi connectivity index (χ1v) is 10.6. The van der Waals surface area contributed by atoms with Gasteiger partial charge in [0.05, 0.1) is 12.2 Å². The van der Waals surface area contributed by atoms with Gasteiger partial charge in [-0.05, 0) is 50.1 Å². The van der Waals surface area contributed by atoms with Crippen LogP contribution in [0.15, 0.2) is 53.5 Å². The predicted molar refractivity (Wildman–Crippen MR) is 118 cm³/mol. The van der Waals surface area contributed by atoms with Gasteiger partial charge in [0.25, 0.3) is 5.56 Å². The summed E-state index contributed by atoms with van der Waals surface area (Å²) in [5, 5.41) is 3.50. The molecule has 29 heavy (non-hydrogen) atoms. The molecule has 3 aromatic rings. The van der Waals surface area contributed by atoms with E-state index in [4.69, 9.17) is 0 Å². The van der Waals surface area contributed by atoms with Crippen molar-refractivity contribution in [3.8, 4) is 0 Å². The van der Waals surface area contributed by atoms with Crippen molar-refractivity contribution in [2.24, 2.45) is 0 Å². The van der Waals surface area contributed by atoms with Crippen LogP contribution in [0.2, 0.25) is 0 Å². The molecule has 0 radical (unpaired) electrons. The fourth-order valence-electron chi connectivity index (χ4n) is 4.28. The van der Waals surface area contributed by atoms with Crippen LogP contribution in [0.25, 0.3) is 5.65 Å². The average molecular weight is 391 g/mol. The van der Waals surface area contributed by atoms with E-state index in [0.717, 1.165) is 23.5 Å². The number of hydrogen-bond donors (Lipinski definition) is 1. The molecule has 4 rings (SSSR count). The van der Waals surface area contributed by atoms with Crippen LogP contribution >= 0.6 is 0 Å². The summed E-state index contributed by atoms with van der Waals surface area (Å²) in [6.45, 7) is 3.44. The van der Waals surface area contributed by atoms with Crippen LogP contribution < -0.4 is 10.9 Å². The molecule has 2 aromatic heterocycles. The number of benzene rings is 1. The summed E-state index contributed by atoms with van der Waals surface area (Å²) in [4.78, 5) is 19.6. The third-order valence-corrected chi connectivity index (χ3v) is 5.96. The minimum absolute atomic E-state index is 0.0409. The van der Waals surface area contributed by atoms with E-state index in [-0.39, 0.29) is 5.56 Å². The van der Waals surface area contributed by atoms with E-state index in [0.29, 0.717) is 18.2 Å². The Morgan fingerprint density at radius 2 is 1.93 bits per heavy atom. The molecule has 1 aliphatic rings. The highest BCUT2D eigenvalue weighted by Crippen LogP contribution is 2.25. The first-order valence-electron chi connectivity index (χ1n) is 10.6. The molecule has 1 N–H and O–H groups in total. The van der Waals surface area contributed by atoms with Crippen molar-refractivity contribution >= 4 is 11.3 Å². The minimum atomic E-state index is -0.0409. The minimum Gasteiger partial charge on any atom is -0.379 e. The number of rotatable bonds is 6. The molecular formula is C24H30N4O. The molecule has 5 heteroatoms. The zero-order valence-corrected chi connectivity index (χ0v) is 17.4. The summed E-state index contributed by atoms with van der Waals surface area (Å²) in [5.74, 6) is 0. The van der Waals surface area contributed by atoms with Crippen molar-refractivity contribution in [2.45, 2.75) is 58.2 Å². The number of nitrogens with zero attached hydrogens (tertiary/aromatic N) is 3. The Kier molecular flexibility index (Phi) is 5.95. The smallest absolute Gasteiger partial charge is 0.258 e. The lowest BCUT2D eigenvalue weighted by Gasteiger charge is -2.31. The van der Waals surface area contributed by atoms with E-state index >= 15 is 0 Å². The molecule has 1 aliphatic carbocycles. The van der Waals surface area contributed by atoms with Gasteiger partial charge < -0.3 is 5.32 Å². The highest BCUT2D eigenvalue weighted by Gasteiger charge is 2.18. The maximum Gasteiger partial charge on any atom is 0.258 e. The molecular weight excluding hydrogens is 360 g/mol. The monoisotopic (exact) mass is 390 g/mol. The van der Waals surface area contributed by atoms with Crippen LogP contribution in [0.4, 0.5) is 5.69 Å². The molecule has 5 nitrogen and oxygen atoms in total. The van der Waals surface area contributed by atoms with E-state index in [9.17, 15) is 4.79 Å². The lowest BCUT2D eigenvalue weighted by atomic mass is 9.94. The largest absolute Gasteiger partial charge is 0.379 e. The topological polar surface area (TPSA) is 49.6 Å². The number of fused-ring (bicyclic) bond motifs is 1. The molecule has 0 atom stereocenters. The second-order valence-corrected chi connectivity index (χ2v) is 8.24. The molecule has 2 heterocycles. The quantitative estimate of drug-likeness (QED) is 0.679.